The maximum absolute atomic E-state index is 5.88. The van der Waals surface area contributed by atoms with E-state index in [0.29, 0.717) is 0 Å². The second kappa shape index (κ2) is 6.26. The Morgan fingerprint density at radius 1 is 1.37 bits per heavy atom. The third-order valence-corrected chi connectivity index (χ3v) is 3.53. The number of hydrogen-bond acceptors (Lipinski definition) is 2. The zero-order valence-electron chi connectivity index (χ0n) is 11.3. The third-order valence-electron chi connectivity index (χ3n) is 3.04. The molecule has 4 heteroatoms. The molecule has 0 saturated heterocycles. The molecular weight excluding hydrogens is 304 g/mol. The second-order valence-electron chi connectivity index (χ2n) is 4.77. The van der Waals surface area contributed by atoms with E-state index in [1.54, 1.807) is 7.11 Å². The molecule has 0 aliphatic rings. The molecule has 0 saturated carbocycles. The van der Waals surface area contributed by atoms with Crippen LogP contribution in [0.3, 0.4) is 0 Å². The number of halogens is 1. The van der Waals surface area contributed by atoms with Crippen LogP contribution in [-0.2, 0) is 13.0 Å². The summed E-state index contributed by atoms with van der Waals surface area (Å²) in [6.07, 6.45) is 2.96. The monoisotopic (exact) mass is 322 g/mol. The van der Waals surface area contributed by atoms with Crippen molar-refractivity contribution in [1.82, 2.24) is 4.57 Å². The second-order valence-corrected chi connectivity index (χ2v) is 5.68. The van der Waals surface area contributed by atoms with Crippen molar-refractivity contribution >= 4 is 15.9 Å². The van der Waals surface area contributed by atoms with Gasteiger partial charge in [0.1, 0.15) is 5.75 Å². The Labute approximate surface area is 122 Å². The number of rotatable bonds is 5. The van der Waals surface area contributed by atoms with Gasteiger partial charge in [0.25, 0.3) is 0 Å². The fourth-order valence-corrected chi connectivity index (χ4v) is 2.58. The average molecular weight is 323 g/mol. The normalized spacial score (nSPS) is 12.4. The summed E-state index contributed by atoms with van der Waals surface area (Å²) in [6.45, 7) is 2.81. The summed E-state index contributed by atoms with van der Waals surface area (Å²) in [5.41, 5.74) is 8.28. The Bertz CT molecular complexity index is 549. The quantitative estimate of drug-likeness (QED) is 0.918. The first kappa shape index (κ1) is 14.2. The van der Waals surface area contributed by atoms with E-state index in [-0.39, 0.29) is 6.04 Å². The smallest absolute Gasteiger partial charge is 0.123 e. The highest BCUT2D eigenvalue weighted by atomic mass is 79.9. The molecule has 1 heterocycles. The van der Waals surface area contributed by atoms with E-state index in [4.69, 9.17) is 10.5 Å². The summed E-state index contributed by atoms with van der Waals surface area (Å²) in [4.78, 5) is 0. The van der Waals surface area contributed by atoms with Crippen molar-refractivity contribution in [2.75, 3.05) is 7.11 Å². The topological polar surface area (TPSA) is 40.2 Å². The minimum atomic E-state index is 0.165. The van der Waals surface area contributed by atoms with Crippen LogP contribution in [0.2, 0.25) is 0 Å². The number of ether oxygens (including phenoxy) is 1. The van der Waals surface area contributed by atoms with Crippen molar-refractivity contribution < 1.29 is 4.74 Å². The van der Waals surface area contributed by atoms with E-state index in [0.717, 1.165) is 28.8 Å². The van der Waals surface area contributed by atoms with Crippen LogP contribution in [0.25, 0.3) is 0 Å². The molecule has 1 atom stereocenters. The van der Waals surface area contributed by atoms with E-state index in [9.17, 15) is 0 Å². The molecule has 3 nitrogen and oxygen atoms in total. The van der Waals surface area contributed by atoms with Crippen molar-refractivity contribution in [3.05, 3.63) is 52.3 Å². The highest BCUT2D eigenvalue weighted by molar-refractivity contribution is 9.10. The van der Waals surface area contributed by atoms with Crippen LogP contribution in [0.1, 0.15) is 18.2 Å². The highest BCUT2D eigenvalue weighted by Gasteiger charge is 2.08. The fraction of sp³-hybridized carbons (Fsp3) is 0.333. The van der Waals surface area contributed by atoms with Crippen LogP contribution in [0.15, 0.2) is 41.0 Å². The molecule has 0 aliphatic heterocycles. The predicted octanol–water partition coefficient (Wildman–Crippen LogP) is 3.20. The lowest BCUT2D eigenvalue weighted by atomic mass is 10.1. The fourth-order valence-electron chi connectivity index (χ4n) is 2.17. The highest BCUT2D eigenvalue weighted by Crippen LogP contribution is 2.24. The third kappa shape index (κ3) is 3.61. The molecule has 2 aromatic rings. The molecule has 1 aromatic heterocycles. The summed E-state index contributed by atoms with van der Waals surface area (Å²) < 4.78 is 8.69. The van der Waals surface area contributed by atoms with Crippen LogP contribution >= 0.6 is 15.9 Å². The lowest BCUT2D eigenvalue weighted by Gasteiger charge is -2.14. The van der Waals surface area contributed by atoms with Crippen molar-refractivity contribution in [3.8, 4) is 5.75 Å². The average Bonchev–Trinajstić information content (AvgIpc) is 2.76. The van der Waals surface area contributed by atoms with Gasteiger partial charge in [-0.15, -0.1) is 0 Å². The molecule has 0 aliphatic carbocycles. The predicted molar refractivity (Wildman–Crippen MR) is 81.6 cm³/mol. The number of aromatic nitrogens is 1. The van der Waals surface area contributed by atoms with Crippen molar-refractivity contribution in [3.63, 3.8) is 0 Å². The molecule has 0 fully saturated rings. The van der Waals surface area contributed by atoms with E-state index in [2.05, 4.69) is 44.9 Å². The molecule has 0 spiro atoms. The molecule has 0 amide bonds. The van der Waals surface area contributed by atoms with Gasteiger partial charge in [0.05, 0.1) is 13.7 Å². The summed E-state index contributed by atoms with van der Waals surface area (Å²) >= 11 is 3.50. The van der Waals surface area contributed by atoms with E-state index < -0.39 is 0 Å². The molecule has 102 valence electrons. The zero-order chi connectivity index (χ0) is 13.8. The first-order chi connectivity index (χ1) is 9.10. The van der Waals surface area contributed by atoms with Gasteiger partial charge in [-0.3, -0.25) is 0 Å². The van der Waals surface area contributed by atoms with Crippen molar-refractivity contribution in [2.45, 2.75) is 25.9 Å². The van der Waals surface area contributed by atoms with E-state index in [1.807, 2.05) is 19.1 Å². The molecule has 2 rings (SSSR count). The Kier molecular flexibility index (Phi) is 4.66. The van der Waals surface area contributed by atoms with Gasteiger partial charge in [-0.25, -0.2) is 0 Å². The number of methoxy groups -OCH3 is 1. The molecule has 1 aromatic carbocycles. The summed E-state index contributed by atoms with van der Waals surface area (Å²) in [5, 5.41) is 0. The van der Waals surface area contributed by atoms with E-state index in [1.165, 1.54) is 5.69 Å². The van der Waals surface area contributed by atoms with Gasteiger partial charge < -0.3 is 15.0 Å². The standard InChI is InChI=1S/C15H19BrN2O/c1-11(17)8-14-4-3-7-18(14)10-12-9-13(16)5-6-15(12)19-2/h3-7,9,11H,8,10,17H2,1-2H3. The van der Waals surface area contributed by atoms with Gasteiger partial charge in [-0.1, -0.05) is 15.9 Å². The van der Waals surface area contributed by atoms with Crippen LogP contribution in [0, 0.1) is 0 Å². The summed E-state index contributed by atoms with van der Waals surface area (Å²) in [6, 6.07) is 10.4. The first-order valence-corrected chi connectivity index (χ1v) is 7.11. The number of hydrogen-bond donors (Lipinski definition) is 1. The van der Waals surface area contributed by atoms with Crippen LogP contribution in [0.5, 0.6) is 5.75 Å². The molecular formula is C15H19BrN2O. The van der Waals surface area contributed by atoms with Gasteiger partial charge in [0.15, 0.2) is 0 Å². The number of nitrogens with zero attached hydrogens (tertiary/aromatic N) is 1. The van der Waals surface area contributed by atoms with Crippen LogP contribution in [0.4, 0.5) is 0 Å². The Morgan fingerprint density at radius 3 is 2.84 bits per heavy atom. The van der Waals surface area contributed by atoms with Gasteiger partial charge in [0, 0.05) is 34.4 Å². The first-order valence-electron chi connectivity index (χ1n) is 6.32. The van der Waals surface area contributed by atoms with Gasteiger partial charge in [-0.2, -0.15) is 0 Å². The molecule has 1 unspecified atom stereocenters. The van der Waals surface area contributed by atoms with Gasteiger partial charge >= 0.3 is 0 Å². The Balaban J connectivity index is 2.26. The molecule has 2 N–H and O–H groups in total. The maximum atomic E-state index is 5.88. The molecule has 19 heavy (non-hydrogen) atoms. The number of nitrogens with two attached hydrogens (primary N) is 1. The Morgan fingerprint density at radius 2 is 2.16 bits per heavy atom. The lowest BCUT2D eigenvalue weighted by Crippen LogP contribution is -2.20. The minimum absolute atomic E-state index is 0.165. The number of benzene rings is 1. The lowest BCUT2D eigenvalue weighted by molar-refractivity contribution is 0.408. The van der Waals surface area contributed by atoms with Crippen molar-refractivity contribution in [1.29, 1.82) is 0 Å². The maximum Gasteiger partial charge on any atom is 0.123 e. The Hall–Kier alpha value is -1.26. The van der Waals surface area contributed by atoms with Gasteiger partial charge in [-0.05, 0) is 37.3 Å². The van der Waals surface area contributed by atoms with Crippen molar-refractivity contribution in [2.24, 2.45) is 5.73 Å². The van der Waals surface area contributed by atoms with E-state index >= 15 is 0 Å². The summed E-state index contributed by atoms with van der Waals surface area (Å²) in [5.74, 6) is 0.906. The minimum Gasteiger partial charge on any atom is -0.496 e. The molecule has 0 radical (unpaired) electrons. The largest absolute Gasteiger partial charge is 0.496 e. The zero-order valence-corrected chi connectivity index (χ0v) is 12.9. The summed E-state index contributed by atoms with van der Waals surface area (Å²) in [7, 11) is 1.70. The molecule has 0 bridgehead atoms. The van der Waals surface area contributed by atoms with Gasteiger partial charge in [0.2, 0.25) is 0 Å². The van der Waals surface area contributed by atoms with Crippen LogP contribution < -0.4 is 10.5 Å². The van der Waals surface area contributed by atoms with Crippen LogP contribution in [-0.4, -0.2) is 17.7 Å². The SMILES string of the molecule is COc1ccc(Br)cc1Cn1cccc1CC(C)N.